The summed E-state index contributed by atoms with van der Waals surface area (Å²) in [6.45, 7) is 0. The van der Waals surface area contributed by atoms with Gasteiger partial charge in [0.05, 0.1) is 16.5 Å². The van der Waals surface area contributed by atoms with Gasteiger partial charge in [0, 0.05) is 5.56 Å². The van der Waals surface area contributed by atoms with Gasteiger partial charge in [-0.1, -0.05) is 23.2 Å². The van der Waals surface area contributed by atoms with Gasteiger partial charge in [0.1, 0.15) is 4.34 Å². The fourth-order valence-electron chi connectivity index (χ4n) is 1.05. The van der Waals surface area contributed by atoms with Crippen LogP contribution in [0.25, 0.3) is 0 Å². The molecule has 0 bridgehead atoms. The highest BCUT2D eigenvalue weighted by Crippen LogP contribution is 2.32. The molecule has 1 aliphatic heterocycles. The third-order valence-corrected chi connectivity index (χ3v) is 3.10. The van der Waals surface area contributed by atoms with Gasteiger partial charge in [-0.2, -0.15) is 5.10 Å². The van der Waals surface area contributed by atoms with Crippen molar-refractivity contribution in [1.29, 1.82) is 0 Å². The summed E-state index contributed by atoms with van der Waals surface area (Å²) in [5.41, 5.74) is 3.75. The molecule has 68 valence electrons. The fourth-order valence-corrected chi connectivity index (χ4v) is 2.56. The summed E-state index contributed by atoms with van der Waals surface area (Å²) in [5.74, 6) is -0.117. The van der Waals surface area contributed by atoms with Gasteiger partial charge in [-0.15, -0.1) is 11.3 Å². The summed E-state index contributed by atoms with van der Waals surface area (Å²) in [6.07, 6.45) is 0.271. The number of hydrogen-bond donors (Lipinski definition) is 1. The molecule has 0 saturated heterocycles. The van der Waals surface area contributed by atoms with Gasteiger partial charge in [-0.25, -0.2) is 5.43 Å². The van der Waals surface area contributed by atoms with E-state index in [1.807, 2.05) is 0 Å². The molecule has 13 heavy (non-hydrogen) atoms. The molecule has 3 nitrogen and oxygen atoms in total. The zero-order valence-corrected chi connectivity index (χ0v) is 8.63. The Morgan fingerprint density at radius 3 is 2.77 bits per heavy atom. The van der Waals surface area contributed by atoms with Crippen LogP contribution in [0.1, 0.15) is 12.0 Å². The number of nitrogens with one attached hydrogen (secondary N) is 1. The maximum Gasteiger partial charge on any atom is 0.246 e. The van der Waals surface area contributed by atoms with Crippen molar-refractivity contribution < 1.29 is 4.79 Å². The lowest BCUT2D eigenvalue weighted by molar-refractivity contribution is -0.119. The Hall–Kier alpha value is -0.580. The van der Waals surface area contributed by atoms with Crippen molar-refractivity contribution in [3.05, 3.63) is 20.3 Å². The first kappa shape index (κ1) is 8.99. The number of nitrogens with zero attached hydrogens (tertiary/aromatic N) is 1. The standard InChI is InChI=1S/C7H4Cl2N2OS/c8-5-1-3(7(9)13-5)4-2-6(12)11-10-4/h1H,2H2,(H,11,12). The second kappa shape index (κ2) is 3.29. The summed E-state index contributed by atoms with van der Waals surface area (Å²) in [6, 6.07) is 1.72. The average molecular weight is 235 g/mol. The predicted molar refractivity (Wildman–Crippen MR) is 53.6 cm³/mol. The number of rotatable bonds is 1. The predicted octanol–water partition coefficient (Wildman–Crippen LogP) is 2.28. The molecular weight excluding hydrogens is 231 g/mol. The first-order chi connectivity index (χ1) is 6.16. The van der Waals surface area contributed by atoms with Crippen LogP contribution in [0, 0.1) is 0 Å². The van der Waals surface area contributed by atoms with Crippen LogP contribution in [0.15, 0.2) is 11.2 Å². The summed E-state index contributed by atoms with van der Waals surface area (Å²) in [5, 5.41) is 3.84. The number of halogens is 2. The van der Waals surface area contributed by atoms with Crippen molar-refractivity contribution in [1.82, 2.24) is 5.43 Å². The van der Waals surface area contributed by atoms with Gasteiger partial charge in [0.15, 0.2) is 0 Å². The van der Waals surface area contributed by atoms with Crippen LogP contribution in [0.2, 0.25) is 8.67 Å². The summed E-state index contributed by atoms with van der Waals surface area (Å²) in [4.78, 5) is 10.8. The van der Waals surface area contributed by atoms with E-state index in [2.05, 4.69) is 10.5 Å². The van der Waals surface area contributed by atoms with E-state index in [0.717, 1.165) is 5.56 Å². The lowest BCUT2D eigenvalue weighted by Crippen LogP contribution is -2.09. The Balaban J connectivity index is 2.36. The molecule has 0 saturated carbocycles. The monoisotopic (exact) mass is 234 g/mol. The lowest BCUT2D eigenvalue weighted by atomic mass is 10.1. The van der Waals surface area contributed by atoms with E-state index in [1.165, 1.54) is 11.3 Å². The molecular formula is C7H4Cl2N2OS. The maximum absolute atomic E-state index is 10.8. The summed E-state index contributed by atoms with van der Waals surface area (Å²) < 4.78 is 1.17. The van der Waals surface area contributed by atoms with E-state index in [0.29, 0.717) is 14.4 Å². The van der Waals surface area contributed by atoms with Crippen LogP contribution in [-0.2, 0) is 4.79 Å². The van der Waals surface area contributed by atoms with E-state index >= 15 is 0 Å². The minimum absolute atomic E-state index is 0.117. The minimum Gasteiger partial charge on any atom is -0.273 e. The van der Waals surface area contributed by atoms with Gasteiger partial charge in [0.2, 0.25) is 5.91 Å². The molecule has 1 aliphatic rings. The Bertz CT molecular complexity index is 399. The van der Waals surface area contributed by atoms with Crippen LogP contribution in [0.4, 0.5) is 0 Å². The van der Waals surface area contributed by atoms with Gasteiger partial charge < -0.3 is 0 Å². The molecule has 0 aromatic carbocycles. The van der Waals surface area contributed by atoms with Crippen molar-refractivity contribution in [2.24, 2.45) is 5.10 Å². The van der Waals surface area contributed by atoms with Crippen LogP contribution >= 0.6 is 34.5 Å². The van der Waals surface area contributed by atoms with Gasteiger partial charge in [-0.05, 0) is 6.07 Å². The van der Waals surface area contributed by atoms with Crippen LogP contribution < -0.4 is 5.43 Å². The highest BCUT2D eigenvalue weighted by atomic mass is 35.5. The summed E-state index contributed by atoms with van der Waals surface area (Å²) in [7, 11) is 0. The molecule has 0 unspecified atom stereocenters. The SMILES string of the molecule is O=C1CC(c2cc(Cl)sc2Cl)=NN1. The lowest BCUT2D eigenvalue weighted by Gasteiger charge is -1.92. The van der Waals surface area contributed by atoms with Crippen molar-refractivity contribution >= 4 is 46.2 Å². The zero-order chi connectivity index (χ0) is 9.42. The summed E-state index contributed by atoms with van der Waals surface area (Å²) >= 11 is 12.9. The molecule has 1 N–H and O–H groups in total. The van der Waals surface area contributed by atoms with Crippen molar-refractivity contribution in [3.63, 3.8) is 0 Å². The Morgan fingerprint density at radius 2 is 2.31 bits per heavy atom. The fraction of sp³-hybridized carbons (Fsp3) is 0.143. The van der Waals surface area contributed by atoms with Crippen LogP contribution in [0.5, 0.6) is 0 Å². The molecule has 0 radical (unpaired) electrons. The molecule has 1 amide bonds. The first-order valence-corrected chi connectivity index (χ1v) is 5.04. The smallest absolute Gasteiger partial charge is 0.246 e. The number of thiophene rings is 1. The zero-order valence-electron chi connectivity index (χ0n) is 6.30. The van der Waals surface area contributed by atoms with Crippen molar-refractivity contribution in [3.8, 4) is 0 Å². The Morgan fingerprint density at radius 1 is 1.54 bits per heavy atom. The molecule has 0 atom stereocenters. The highest BCUT2D eigenvalue weighted by Gasteiger charge is 2.20. The van der Waals surface area contributed by atoms with E-state index in [9.17, 15) is 4.79 Å². The molecule has 0 fully saturated rings. The van der Waals surface area contributed by atoms with Gasteiger partial charge in [0.25, 0.3) is 0 Å². The van der Waals surface area contributed by atoms with Crippen molar-refractivity contribution in [2.75, 3.05) is 0 Å². The largest absolute Gasteiger partial charge is 0.273 e. The molecule has 1 aromatic rings. The topological polar surface area (TPSA) is 41.5 Å². The third kappa shape index (κ3) is 1.70. The van der Waals surface area contributed by atoms with E-state index in [4.69, 9.17) is 23.2 Å². The van der Waals surface area contributed by atoms with Crippen LogP contribution in [-0.4, -0.2) is 11.6 Å². The Kier molecular flexibility index (Phi) is 2.27. The molecule has 0 spiro atoms. The normalized spacial score (nSPS) is 15.8. The molecule has 0 aliphatic carbocycles. The van der Waals surface area contributed by atoms with E-state index in [-0.39, 0.29) is 12.3 Å². The quantitative estimate of drug-likeness (QED) is 0.797. The Labute approximate surface area is 88.3 Å². The highest BCUT2D eigenvalue weighted by molar-refractivity contribution is 7.20. The number of hydrogen-bond acceptors (Lipinski definition) is 3. The molecule has 2 rings (SSSR count). The second-order valence-corrected chi connectivity index (χ2v) is 4.79. The average Bonchev–Trinajstić information content (AvgIpc) is 2.58. The maximum atomic E-state index is 10.8. The number of carbonyl (C=O) groups excluding carboxylic acids is 1. The number of amides is 1. The molecule has 6 heteroatoms. The van der Waals surface area contributed by atoms with Gasteiger partial charge in [-0.3, -0.25) is 4.79 Å². The minimum atomic E-state index is -0.117. The van der Waals surface area contributed by atoms with Crippen molar-refractivity contribution in [2.45, 2.75) is 6.42 Å². The van der Waals surface area contributed by atoms with E-state index < -0.39 is 0 Å². The first-order valence-electron chi connectivity index (χ1n) is 3.47. The molecule has 1 aromatic heterocycles. The second-order valence-electron chi connectivity index (χ2n) is 2.51. The third-order valence-electron chi connectivity index (χ3n) is 1.61. The number of carbonyl (C=O) groups is 1. The van der Waals surface area contributed by atoms with Crippen LogP contribution in [0.3, 0.4) is 0 Å². The van der Waals surface area contributed by atoms with E-state index in [1.54, 1.807) is 6.07 Å². The van der Waals surface area contributed by atoms with Gasteiger partial charge >= 0.3 is 0 Å². The molecule has 2 heterocycles. The number of hydrazone groups is 1.